The summed E-state index contributed by atoms with van der Waals surface area (Å²) in [4.78, 5) is 93.0. The number of carbonyl (C=O) groups is 7. The summed E-state index contributed by atoms with van der Waals surface area (Å²) in [5, 5.41) is 32.4. The number of fused-ring (bicyclic) bond motifs is 1. The lowest BCUT2D eigenvalue weighted by Crippen LogP contribution is -2.60. The van der Waals surface area contributed by atoms with Crippen molar-refractivity contribution in [2.75, 3.05) is 12.0 Å². The van der Waals surface area contributed by atoms with Gasteiger partial charge in [-0.25, -0.2) is 4.79 Å². The van der Waals surface area contributed by atoms with Gasteiger partial charge in [-0.2, -0.15) is 11.8 Å². The Morgan fingerprint density at radius 1 is 0.804 bits per heavy atom. The lowest BCUT2D eigenvalue weighted by atomic mass is 10.00. The van der Waals surface area contributed by atoms with Crippen LogP contribution in [0.2, 0.25) is 0 Å². The highest BCUT2D eigenvalue weighted by atomic mass is 32.2. The minimum Gasteiger partial charge on any atom is -0.480 e. The average Bonchev–Trinajstić information content (AvgIpc) is 3.45. The van der Waals surface area contributed by atoms with E-state index in [4.69, 9.17) is 11.5 Å². The van der Waals surface area contributed by atoms with E-state index in [9.17, 15) is 43.8 Å². The van der Waals surface area contributed by atoms with E-state index in [1.165, 1.54) is 18.7 Å². The van der Waals surface area contributed by atoms with Gasteiger partial charge in [0.05, 0.1) is 18.6 Å². The van der Waals surface area contributed by atoms with Gasteiger partial charge in [0, 0.05) is 23.5 Å². The first-order valence-corrected chi connectivity index (χ1v) is 17.8. The number of benzene rings is 1. The third kappa shape index (κ3) is 13.5. The van der Waals surface area contributed by atoms with Crippen LogP contribution in [-0.2, 0) is 40.0 Å². The van der Waals surface area contributed by atoms with Gasteiger partial charge in [0.2, 0.25) is 35.4 Å². The summed E-state index contributed by atoms with van der Waals surface area (Å²) in [7, 11) is 0. The van der Waals surface area contributed by atoms with Crippen LogP contribution >= 0.6 is 11.8 Å². The second-order valence-corrected chi connectivity index (χ2v) is 13.7. The number of nitrogens with two attached hydrogens (primary N) is 2. The summed E-state index contributed by atoms with van der Waals surface area (Å²) in [6, 6.07) is -0.401. The number of thioether (sulfide) groups is 1. The highest BCUT2D eigenvalue weighted by molar-refractivity contribution is 7.98. The molecule has 0 spiro atoms. The first kappa shape index (κ1) is 42.5. The Bertz CT molecular complexity index is 1550. The normalized spacial score (nSPS) is 15.4. The van der Waals surface area contributed by atoms with Crippen LogP contribution in [-0.4, -0.2) is 111 Å². The Morgan fingerprint density at radius 3 is 1.92 bits per heavy atom. The lowest BCUT2D eigenvalue weighted by molar-refractivity contribution is -0.145. The van der Waals surface area contributed by atoms with Gasteiger partial charge in [0.15, 0.2) is 6.04 Å². The van der Waals surface area contributed by atoms with Gasteiger partial charge >= 0.3 is 5.97 Å². The number of para-hydroxylation sites is 1. The second kappa shape index (κ2) is 20.2. The number of aliphatic carboxylic acids is 1. The summed E-state index contributed by atoms with van der Waals surface area (Å²) in [6.07, 6.45) is 1.59. The van der Waals surface area contributed by atoms with E-state index in [0.29, 0.717) is 5.75 Å². The van der Waals surface area contributed by atoms with Crippen molar-refractivity contribution in [3.8, 4) is 0 Å². The number of H-pyrrole nitrogens is 1. The van der Waals surface area contributed by atoms with Crippen LogP contribution in [0.3, 0.4) is 0 Å². The first-order valence-electron chi connectivity index (χ1n) is 16.5. The molecule has 6 amide bonds. The van der Waals surface area contributed by atoms with Crippen molar-refractivity contribution in [2.24, 2.45) is 17.4 Å². The van der Waals surface area contributed by atoms with Crippen LogP contribution < -0.4 is 38.1 Å². The molecular formula is C33H50N8O9S. The van der Waals surface area contributed by atoms with Crippen molar-refractivity contribution >= 4 is 64.1 Å². The second-order valence-electron chi connectivity index (χ2n) is 12.7. The Morgan fingerprint density at radius 2 is 1.35 bits per heavy atom. The number of aromatic amines is 1. The molecular weight excluding hydrogens is 684 g/mol. The van der Waals surface area contributed by atoms with E-state index in [1.54, 1.807) is 12.5 Å². The fourth-order valence-electron chi connectivity index (χ4n) is 5.11. The highest BCUT2D eigenvalue weighted by Gasteiger charge is 2.34. The quantitative estimate of drug-likeness (QED) is 0.0713. The third-order valence-corrected chi connectivity index (χ3v) is 8.46. The van der Waals surface area contributed by atoms with Gasteiger partial charge in [-0.15, -0.1) is 0 Å². The molecule has 7 atom stereocenters. The largest absolute Gasteiger partial charge is 0.480 e. The number of primary amides is 1. The smallest absolute Gasteiger partial charge is 0.328 e. The standard InChI is InChI=1S/C33H50N8O9S/c1-16(2)12-23(39-31(47)24(38-28(44)17(3)34)13-19-15-36-21-9-7-6-8-20(19)21)30(46)37-22(10-11-51-5)29(45)40-25(14-26(35)43)32(48)41-27(18(4)42)33(49)50/h6-9,15-18,22-25,27,36,42H,10-14,34H2,1-5H3,(H2,35,43)(H,37,46)(H,38,44)(H,39,47)(H,40,45)(H,41,48)(H,49,50)/t17-,18+,22-,23-,24-,25-,27-/m0/s1. The molecule has 51 heavy (non-hydrogen) atoms. The molecule has 0 aliphatic carbocycles. The monoisotopic (exact) mass is 734 g/mol. The van der Waals surface area contributed by atoms with Gasteiger partial charge in [0.25, 0.3) is 0 Å². The molecule has 18 heteroatoms. The molecule has 2 rings (SSSR count). The summed E-state index contributed by atoms with van der Waals surface area (Å²) in [5.74, 6) is -6.19. The first-order chi connectivity index (χ1) is 23.9. The topological polar surface area (TPSA) is 288 Å². The summed E-state index contributed by atoms with van der Waals surface area (Å²) < 4.78 is 0. The number of carboxylic acid groups (broad SMARTS) is 1. The van der Waals surface area contributed by atoms with E-state index >= 15 is 0 Å². The molecule has 12 N–H and O–H groups in total. The maximum Gasteiger partial charge on any atom is 0.328 e. The van der Waals surface area contributed by atoms with E-state index in [2.05, 4.69) is 31.6 Å². The van der Waals surface area contributed by atoms with Crippen LogP contribution in [0.1, 0.15) is 52.5 Å². The minimum atomic E-state index is -1.74. The van der Waals surface area contributed by atoms with Crippen molar-refractivity contribution < 1.29 is 43.8 Å². The SMILES string of the molecule is CSCC[C@H](NC(=O)[C@H](CC(C)C)NC(=O)[C@H](Cc1c[nH]c2ccccc12)NC(=O)[C@H](C)N)C(=O)N[C@@H](CC(N)=O)C(=O)N[C@H](C(=O)O)[C@@H](C)O. The molecule has 0 bridgehead atoms. The molecule has 0 aliphatic heterocycles. The predicted molar refractivity (Wildman–Crippen MR) is 191 cm³/mol. The van der Waals surface area contributed by atoms with E-state index in [0.717, 1.165) is 23.4 Å². The molecule has 0 unspecified atom stereocenters. The molecule has 282 valence electrons. The Labute approximate surface area is 300 Å². The van der Waals surface area contributed by atoms with Gasteiger partial charge in [-0.05, 0) is 56.2 Å². The number of aliphatic hydroxyl groups is 1. The van der Waals surface area contributed by atoms with Gasteiger partial charge < -0.3 is 53.2 Å². The number of aromatic nitrogens is 1. The molecule has 17 nitrogen and oxygen atoms in total. The van der Waals surface area contributed by atoms with Crippen molar-refractivity contribution in [1.82, 2.24) is 31.6 Å². The zero-order valence-corrected chi connectivity index (χ0v) is 30.2. The zero-order valence-electron chi connectivity index (χ0n) is 29.4. The molecule has 0 radical (unpaired) electrons. The zero-order chi connectivity index (χ0) is 38.4. The van der Waals surface area contributed by atoms with Gasteiger partial charge in [-0.1, -0.05) is 32.0 Å². The van der Waals surface area contributed by atoms with Gasteiger partial charge in [0.1, 0.15) is 24.2 Å². The number of carboxylic acids is 1. The van der Waals surface area contributed by atoms with Crippen LogP contribution in [0.4, 0.5) is 0 Å². The van der Waals surface area contributed by atoms with E-state index in [-0.39, 0.29) is 25.2 Å². The molecule has 2 aromatic rings. The molecule has 0 aliphatic rings. The number of aliphatic hydroxyl groups excluding tert-OH is 1. The highest BCUT2D eigenvalue weighted by Crippen LogP contribution is 2.19. The predicted octanol–water partition coefficient (Wildman–Crippen LogP) is -1.38. The third-order valence-electron chi connectivity index (χ3n) is 7.81. The van der Waals surface area contributed by atoms with Crippen LogP contribution in [0.25, 0.3) is 10.9 Å². The Hall–Kier alpha value is -4.68. The molecule has 1 aromatic carbocycles. The van der Waals surface area contributed by atoms with Crippen molar-refractivity contribution in [1.29, 1.82) is 0 Å². The summed E-state index contributed by atoms with van der Waals surface area (Å²) in [5.41, 5.74) is 12.6. The van der Waals surface area contributed by atoms with Crippen LogP contribution in [0, 0.1) is 5.92 Å². The minimum absolute atomic E-state index is 0.0736. The van der Waals surface area contributed by atoms with Crippen LogP contribution in [0.5, 0.6) is 0 Å². The fourth-order valence-corrected chi connectivity index (χ4v) is 5.58. The molecule has 1 heterocycles. The number of rotatable bonds is 21. The fraction of sp³-hybridized carbons (Fsp3) is 0.545. The maximum absolute atomic E-state index is 13.8. The Balaban J connectivity index is 2.32. The lowest BCUT2D eigenvalue weighted by Gasteiger charge is -2.27. The number of carbonyl (C=O) groups excluding carboxylic acids is 6. The average molecular weight is 735 g/mol. The van der Waals surface area contributed by atoms with Gasteiger partial charge in [-0.3, -0.25) is 28.8 Å². The van der Waals surface area contributed by atoms with E-state index < -0.39 is 90.2 Å². The number of hydrogen-bond donors (Lipinski definition) is 10. The number of amides is 6. The maximum atomic E-state index is 13.8. The summed E-state index contributed by atoms with van der Waals surface area (Å²) in [6.45, 7) is 6.27. The Kier molecular flexibility index (Phi) is 16.9. The number of nitrogens with one attached hydrogen (secondary N) is 6. The molecule has 1 aromatic heterocycles. The number of hydrogen-bond acceptors (Lipinski definition) is 10. The summed E-state index contributed by atoms with van der Waals surface area (Å²) >= 11 is 1.37. The molecule has 0 saturated carbocycles. The van der Waals surface area contributed by atoms with Crippen molar-refractivity contribution in [3.05, 3.63) is 36.0 Å². The molecule has 0 fully saturated rings. The van der Waals surface area contributed by atoms with Crippen molar-refractivity contribution in [3.63, 3.8) is 0 Å². The van der Waals surface area contributed by atoms with Crippen LogP contribution in [0.15, 0.2) is 30.5 Å². The van der Waals surface area contributed by atoms with Crippen molar-refractivity contribution in [2.45, 2.75) is 95.7 Å². The van der Waals surface area contributed by atoms with E-state index in [1.807, 2.05) is 38.1 Å². The molecule has 0 saturated heterocycles.